The number of benzene rings is 1. The van der Waals surface area contributed by atoms with Gasteiger partial charge in [0.1, 0.15) is 0 Å². The molecule has 5 nitrogen and oxygen atoms in total. The summed E-state index contributed by atoms with van der Waals surface area (Å²) >= 11 is 0. The zero-order valence-corrected chi connectivity index (χ0v) is 19.8. The van der Waals surface area contributed by atoms with E-state index in [1.165, 1.54) is 63.7 Å². The number of likely N-dealkylation sites (tertiary alicyclic amines) is 1. The van der Waals surface area contributed by atoms with Crippen LogP contribution in [0.1, 0.15) is 63.0 Å². The summed E-state index contributed by atoms with van der Waals surface area (Å²) in [5, 5.41) is 7.12. The molecule has 1 amide bonds. The van der Waals surface area contributed by atoms with Crippen LogP contribution in [0, 0.1) is 17.8 Å². The monoisotopic (exact) mass is 480 g/mol. The molecular formula is C26H35F3N2O3. The number of nitrogens with zero attached hydrogens (tertiary/aromatic N) is 2. The minimum atomic E-state index is -5.08. The highest BCUT2D eigenvalue weighted by Crippen LogP contribution is 2.45. The van der Waals surface area contributed by atoms with Gasteiger partial charge in [-0.1, -0.05) is 44.0 Å². The van der Waals surface area contributed by atoms with Gasteiger partial charge in [-0.3, -0.25) is 4.79 Å². The number of carbonyl (C=O) groups is 2. The smallest absolute Gasteiger partial charge is 0.475 e. The zero-order valence-electron chi connectivity index (χ0n) is 19.8. The maximum absolute atomic E-state index is 13.0. The topological polar surface area (TPSA) is 60.9 Å². The third-order valence-electron chi connectivity index (χ3n) is 8.23. The number of hydrogen-bond donors (Lipinski definition) is 1. The first-order chi connectivity index (χ1) is 16.1. The van der Waals surface area contributed by atoms with Crippen molar-refractivity contribution in [1.82, 2.24) is 9.80 Å². The molecular weight excluding hydrogens is 445 g/mol. The van der Waals surface area contributed by atoms with Gasteiger partial charge in [0.05, 0.1) is 0 Å². The highest BCUT2D eigenvalue weighted by molar-refractivity contribution is 5.82. The van der Waals surface area contributed by atoms with E-state index in [0.29, 0.717) is 17.7 Å². The molecule has 1 spiro atoms. The van der Waals surface area contributed by atoms with Gasteiger partial charge in [0, 0.05) is 31.0 Å². The number of carboxylic acids is 1. The van der Waals surface area contributed by atoms with Crippen molar-refractivity contribution in [3.8, 4) is 0 Å². The summed E-state index contributed by atoms with van der Waals surface area (Å²) in [6.07, 6.45) is 4.18. The highest BCUT2D eigenvalue weighted by Gasteiger charge is 2.47. The van der Waals surface area contributed by atoms with Crippen LogP contribution in [0.15, 0.2) is 24.3 Å². The van der Waals surface area contributed by atoms with E-state index in [1.54, 1.807) is 5.56 Å². The molecule has 3 fully saturated rings. The van der Waals surface area contributed by atoms with Gasteiger partial charge in [0.2, 0.25) is 5.91 Å². The number of amides is 1. The number of carbonyl (C=O) groups excluding carboxylic acids is 1. The zero-order chi connectivity index (χ0) is 24.5. The van der Waals surface area contributed by atoms with E-state index in [-0.39, 0.29) is 5.41 Å². The first kappa shape index (κ1) is 25.0. The lowest BCUT2D eigenvalue weighted by Crippen LogP contribution is -2.54. The van der Waals surface area contributed by atoms with Gasteiger partial charge in [0.25, 0.3) is 0 Å². The van der Waals surface area contributed by atoms with Crippen LogP contribution in [-0.4, -0.2) is 59.1 Å². The fraction of sp³-hybridized carbons (Fsp3) is 0.692. The largest absolute Gasteiger partial charge is 0.490 e. The molecule has 2 atom stereocenters. The van der Waals surface area contributed by atoms with Gasteiger partial charge in [-0.05, 0) is 68.2 Å². The molecule has 0 bridgehead atoms. The summed E-state index contributed by atoms with van der Waals surface area (Å²) < 4.78 is 31.7. The number of fused-ring (bicyclic) bond motifs is 2. The molecule has 2 unspecified atom stereocenters. The standard InChI is InChI=1S/C24H34N2O.C2HF3O2/c1-18-14-21(18)23(27)26-16-20-8-4-5-9-22(20)24(17-26)10-12-25(13-11-24)15-19-6-2-3-7-19;3-2(4,5)1(6)7/h4-5,8-9,18-19,21H,2-3,6-7,10-17H2,1H3;(H,6,7). The molecule has 8 heteroatoms. The van der Waals surface area contributed by atoms with Crippen molar-refractivity contribution in [2.45, 2.75) is 70.0 Å². The molecule has 1 aromatic rings. The molecule has 5 rings (SSSR count). The molecule has 188 valence electrons. The van der Waals surface area contributed by atoms with Crippen molar-refractivity contribution in [1.29, 1.82) is 0 Å². The summed E-state index contributed by atoms with van der Waals surface area (Å²) in [5.74, 6) is -0.502. The normalized spacial score (nSPS) is 26.5. The Morgan fingerprint density at radius 1 is 1.12 bits per heavy atom. The Balaban J connectivity index is 0.000000344. The lowest BCUT2D eigenvalue weighted by molar-refractivity contribution is -0.192. The number of rotatable bonds is 3. The minimum Gasteiger partial charge on any atom is -0.475 e. The lowest BCUT2D eigenvalue weighted by Gasteiger charge is -2.49. The number of piperidine rings is 1. The first-order valence-electron chi connectivity index (χ1n) is 12.5. The van der Waals surface area contributed by atoms with Crippen molar-refractivity contribution < 1.29 is 27.9 Å². The predicted molar refractivity (Wildman–Crippen MR) is 122 cm³/mol. The quantitative estimate of drug-likeness (QED) is 0.673. The van der Waals surface area contributed by atoms with Crippen LogP contribution in [0.4, 0.5) is 13.2 Å². The number of alkyl halides is 3. The van der Waals surface area contributed by atoms with Crippen LogP contribution in [0.5, 0.6) is 0 Å². The molecule has 2 saturated carbocycles. The van der Waals surface area contributed by atoms with Gasteiger partial charge in [-0.25, -0.2) is 4.79 Å². The van der Waals surface area contributed by atoms with Crippen LogP contribution >= 0.6 is 0 Å². The number of hydrogen-bond acceptors (Lipinski definition) is 3. The maximum Gasteiger partial charge on any atom is 0.490 e. The molecule has 34 heavy (non-hydrogen) atoms. The minimum absolute atomic E-state index is 0.189. The third kappa shape index (κ3) is 5.58. The van der Waals surface area contributed by atoms with Crippen LogP contribution < -0.4 is 0 Å². The number of carboxylic acid groups (broad SMARTS) is 1. The Kier molecular flexibility index (Phi) is 7.27. The summed E-state index contributed by atoms with van der Waals surface area (Å²) in [4.78, 5) is 26.8. The predicted octanol–water partition coefficient (Wildman–Crippen LogP) is 4.84. The number of aliphatic carboxylic acids is 1. The Morgan fingerprint density at radius 3 is 2.26 bits per heavy atom. The van der Waals surface area contributed by atoms with E-state index in [0.717, 1.165) is 25.4 Å². The van der Waals surface area contributed by atoms with Crippen molar-refractivity contribution >= 4 is 11.9 Å². The van der Waals surface area contributed by atoms with Crippen LogP contribution in [-0.2, 0) is 21.5 Å². The fourth-order valence-corrected chi connectivity index (χ4v) is 6.09. The SMILES string of the molecule is CC1CC1C(=O)N1Cc2ccccc2C2(CCN(CC3CCCC3)CC2)C1.O=C(O)C(F)(F)F. The van der Waals surface area contributed by atoms with Gasteiger partial charge in [0.15, 0.2) is 0 Å². The second-order valence-corrected chi connectivity index (χ2v) is 10.7. The van der Waals surface area contributed by atoms with Crippen LogP contribution in [0.25, 0.3) is 0 Å². The lowest BCUT2D eigenvalue weighted by atomic mass is 9.68. The Bertz CT molecular complexity index is 890. The molecule has 0 radical (unpaired) electrons. The van der Waals surface area contributed by atoms with Crippen LogP contribution in [0.2, 0.25) is 0 Å². The third-order valence-corrected chi connectivity index (χ3v) is 8.23. The van der Waals surface area contributed by atoms with E-state index in [1.807, 2.05) is 0 Å². The first-order valence-corrected chi connectivity index (χ1v) is 12.5. The number of halogens is 3. The molecule has 4 aliphatic rings. The van der Waals surface area contributed by atoms with E-state index in [9.17, 15) is 18.0 Å². The van der Waals surface area contributed by atoms with Gasteiger partial charge in [-0.15, -0.1) is 0 Å². The summed E-state index contributed by atoms with van der Waals surface area (Å²) in [7, 11) is 0. The van der Waals surface area contributed by atoms with Crippen molar-refractivity contribution in [3.63, 3.8) is 0 Å². The van der Waals surface area contributed by atoms with Crippen molar-refractivity contribution in [2.24, 2.45) is 17.8 Å². The second kappa shape index (κ2) is 9.88. The van der Waals surface area contributed by atoms with E-state index in [2.05, 4.69) is 41.0 Å². The summed E-state index contributed by atoms with van der Waals surface area (Å²) in [6, 6.07) is 8.96. The van der Waals surface area contributed by atoms with Gasteiger partial charge in [-0.2, -0.15) is 13.2 Å². The van der Waals surface area contributed by atoms with E-state index < -0.39 is 12.1 Å². The molecule has 1 N–H and O–H groups in total. The fourth-order valence-electron chi connectivity index (χ4n) is 6.09. The maximum atomic E-state index is 13.0. The van der Waals surface area contributed by atoms with Gasteiger partial charge < -0.3 is 14.9 Å². The Morgan fingerprint density at radius 2 is 1.71 bits per heavy atom. The Hall–Kier alpha value is -2.09. The van der Waals surface area contributed by atoms with Gasteiger partial charge >= 0.3 is 12.1 Å². The summed E-state index contributed by atoms with van der Waals surface area (Å²) in [5.41, 5.74) is 3.13. The average Bonchev–Trinajstić information content (AvgIpc) is 3.30. The van der Waals surface area contributed by atoms with E-state index >= 15 is 0 Å². The van der Waals surface area contributed by atoms with Crippen molar-refractivity contribution in [2.75, 3.05) is 26.2 Å². The van der Waals surface area contributed by atoms with E-state index in [4.69, 9.17) is 9.90 Å². The van der Waals surface area contributed by atoms with Crippen molar-refractivity contribution in [3.05, 3.63) is 35.4 Å². The molecule has 2 aliphatic heterocycles. The molecule has 2 aliphatic carbocycles. The molecule has 0 aromatic heterocycles. The average molecular weight is 481 g/mol. The highest BCUT2D eigenvalue weighted by atomic mass is 19.4. The molecule has 1 saturated heterocycles. The summed E-state index contributed by atoms with van der Waals surface area (Å²) in [6.45, 7) is 7.70. The molecule has 2 heterocycles. The second-order valence-electron chi connectivity index (χ2n) is 10.7. The molecule has 1 aromatic carbocycles. The Labute approximate surface area is 199 Å². The van der Waals surface area contributed by atoms with Crippen LogP contribution in [0.3, 0.4) is 0 Å².